The van der Waals surface area contributed by atoms with Crippen LogP contribution in [0.15, 0.2) is 84.1 Å². The summed E-state index contributed by atoms with van der Waals surface area (Å²) < 4.78 is 13.9. The number of nitrogens with one attached hydrogen (secondary N) is 1. The van der Waals surface area contributed by atoms with Gasteiger partial charge in [-0.2, -0.15) is 4.98 Å². The summed E-state index contributed by atoms with van der Waals surface area (Å²) in [6.45, 7) is 6.91. The Bertz CT molecular complexity index is 1690. The SMILES string of the molecule is CCOc1cc(C2C3=C(CC(C)(C)CC3=O)Nc3nc(-c4ccc([N+](=O)[O-])cc4)nn32)ccc1OCc1ccccc1. The Morgan fingerprint density at radius 2 is 1.79 bits per heavy atom. The first-order valence-corrected chi connectivity index (χ1v) is 13.9. The minimum absolute atomic E-state index is 0.0123. The molecule has 4 aromatic rings. The van der Waals surface area contributed by atoms with Gasteiger partial charge in [0.15, 0.2) is 23.1 Å². The molecule has 1 aliphatic heterocycles. The van der Waals surface area contributed by atoms with Gasteiger partial charge in [-0.05, 0) is 54.2 Å². The number of carbonyl (C=O) groups is 1. The summed E-state index contributed by atoms with van der Waals surface area (Å²) in [6.07, 6.45) is 1.10. The van der Waals surface area contributed by atoms with Crippen molar-refractivity contribution in [3.8, 4) is 22.9 Å². The van der Waals surface area contributed by atoms with E-state index in [1.807, 2.05) is 55.5 Å². The predicted octanol–water partition coefficient (Wildman–Crippen LogP) is 6.49. The number of nitro groups is 1. The molecule has 1 aromatic heterocycles. The Labute approximate surface area is 243 Å². The van der Waals surface area contributed by atoms with Crippen LogP contribution in [0.4, 0.5) is 11.6 Å². The standard InChI is InChI=1S/C32H31N5O5/c1-4-41-27-16-22(12-15-26(27)42-19-20-8-6-5-7-9-20)29-28-24(17-32(2,3)18-25(28)38)33-31-34-30(35-36(29)31)21-10-13-23(14-11-21)37(39)40/h5-16,29H,4,17-19H2,1-3H3,(H,33,34,35). The third-order valence-electron chi connectivity index (χ3n) is 7.49. The van der Waals surface area contributed by atoms with Crippen LogP contribution >= 0.6 is 0 Å². The first kappa shape index (κ1) is 27.2. The Morgan fingerprint density at radius 1 is 1.02 bits per heavy atom. The Kier molecular flexibility index (Phi) is 6.97. The number of carbonyl (C=O) groups excluding carboxylic acids is 1. The van der Waals surface area contributed by atoms with Gasteiger partial charge in [-0.15, -0.1) is 5.10 Å². The Balaban J connectivity index is 1.42. The molecule has 6 rings (SSSR count). The predicted molar refractivity (Wildman–Crippen MR) is 157 cm³/mol. The first-order valence-electron chi connectivity index (χ1n) is 13.9. The van der Waals surface area contributed by atoms with Crippen LogP contribution in [-0.4, -0.2) is 32.1 Å². The van der Waals surface area contributed by atoms with E-state index >= 15 is 0 Å². The van der Waals surface area contributed by atoms with Gasteiger partial charge in [0.1, 0.15) is 12.6 Å². The van der Waals surface area contributed by atoms with Crippen LogP contribution < -0.4 is 14.8 Å². The average molecular weight is 566 g/mol. The number of hydrogen-bond acceptors (Lipinski definition) is 8. The van der Waals surface area contributed by atoms with E-state index < -0.39 is 11.0 Å². The monoisotopic (exact) mass is 565 g/mol. The van der Waals surface area contributed by atoms with Gasteiger partial charge in [0.05, 0.1) is 11.5 Å². The molecule has 2 aliphatic rings. The van der Waals surface area contributed by atoms with E-state index in [9.17, 15) is 14.9 Å². The molecule has 0 radical (unpaired) electrons. The maximum absolute atomic E-state index is 13.7. The zero-order chi connectivity index (χ0) is 29.4. The minimum atomic E-state index is -0.540. The Morgan fingerprint density at radius 3 is 2.50 bits per heavy atom. The Hall–Kier alpha value is -4.99. The van der Waals surface area contributed by atoms with Crippen molar-refractivity contribution in [2.24, 2.45) is 5.41 Å². The van der Waals surface area contributed by atoms with Crippen molar-refractivity contribution in [2.75, 3.05) is 11.9 Å². The molecule has 1 unspecified atom stereocenters. The third-order valence-corrected chi connectivity index (χ3v) is 7.49. The van der Waals surface area contributed by atoms with Crippen molar-refractivity contribution in [1.29, 1.82) is 0 Å². The quantitative estimate of drug-likeness (QED) is 0.190. The summed E-state index contributed by atoms with van der Waals surface area (Å²) >= 11 is 0. The molecule has 0 spiro atoms. The molecule has 0 saturated heterocycles. The molecule has 214 valence electrons. The fourth-order valence-corrected chi connectivity index (χ4v) is 5.59. The number of aromatic nitrogens is 3. The number of ketones is 1. The van der Waals surface area contributed by atoms with E-state index in [0.717, 1.165) is 16.8 Å². The fourth-order valence-electron chi connectivity index (χ4n) is 5.59. The second kappa shape index (κ2) is 10.8. The van der Waals surface area contributed by atoms with Crippen LogP contribution in [0.5, 0.6) is 11.5 Å². The number of anilines is 1. The van der Waals surface area contributed by atoms with Crippen molar-refractivity contribution in [2.45, 2.75) is 46.3 Å². The first-order chi connectivity index (χ1) is 20.2. The van der Waals surface area contributed by atoms with Gasteiger partial charge in [0.2, 0.25) is 5.95 Å². The van der Waals surface area contributed by atoms with Gasteiger partial charge in [-0.3, -0.25) is 14.9 Å². The van der Waals surface area contributed by atoms with Crippen LogP contribution in [0.1, 0.15) is 50.8 Å². The van der Waals surface area contributed by atoms with Crippen molar-refractivity contribution in [3.63, 3.8) is 0 Å². The molecule has 1 N–H and O–H groups in total. The highest BCUT2D eigenvalue weighted by Crippen LogP contribution is 2.46. The lowest BCUT2D eigenvalue weighted by atomic mass is 9.73. The molecule has 42 heavy (non-hydrogen) atoms. The van der Waals surface area contributed by atoms with Crippen LogP contribution in [-0.2, 0) is 11.4 Å². The number of nitro benzene ring substituents is 1. The lowest BCUT2D eigenvalue weighted by molar-refractivity contribution is -0.384. The van der Waals surface area contributed by atoms with E-state index in [2.05, 4.69) is 19.2 Å². The molecular weight excluding hydrogens is 534 g/mol. The number of Topliss-reactive ketones (excluding diaryl/α,β-unsaturated/α-hetero) is 1. The van der Waals surface area contributed by atoms with Gasteiger partial charge < -0.3 is 14.8 Å². The number of benzene rings is 3. The third kappa shape index (κ3) is 5.23. The van der Waals surface area contributed by atoms with E-state index in [-0.39, 0.29) is 16.9 Å². The minimum Gasteiger partial charge on any atom is -0.490 e. The van der Waals surface area contributed by atoms with Crippen LogP contribution in [0.25, 0.3) is 11.4 Å². The molecule has 0 fully saturated rings. The van der Waals surface area contributed by atoms with Crippen molar-refractivity contribution in [3.05, 3.63) is 105 Å². The van der Waals surface area contributed by atoms with Crippen LogP contribution in [0.2, 0.25) is 0 Å². The largest absolute Gasteiger partial charge is 0.490 e. The zero-order valence-corrected chi connectivity index (χ0v) is 23.7. The zero-order valence-electron chi connectivity index (χ0n) is 23.7. The topological polar surface area (TPSA) is 121 Å². The highest BCUT2D eigenvalue weighted by atomic mass is 16.6. The van der Waals surface area contributed by atoms with Gasteiger partial charge in [-0.25, -0.2) is 4.68 Å². The van der Waals surface area contributed by atoms with Crippen LogP contribution in [0.3, 0.4) is 0 Å². The highest BCUT2D eigenvalue weighted by Gasteiger charge is 2.42. The molecule has 10 heteroatoms. The van der Waals surface area contributed by atoms with Gasteiger partial charge in [0, 0.05) is 35.4 Å². The van der Waals surface area contributed by atoms with E-state index in [0.29, 0.717) is 60.5 Å². The number of rotatable bonds is 8. The molecule has 1 atom stereocenters. The maximum Gasteiger partial charge on any atom is 0.269 e. The summed E-state index contributed by atoms with van der Waals surface area (Å²) in [7, 11) is 0. The second-order valence-electron chi connectivity index (χ2n) is 11.3. The van der Waals surface area contributed by atoms with E-state index in [1.54, 1.807) is 16.8 Å². The normalized spacial score (nSPS) is 17.2. The number of non-ortho nitro benzene ring substituents is 1. The molecular formula is C32H31N5O5. The fraction of sp³-hybridized carbons (Fsp3) is 0.281. The molecule has 10 nitrogen and oxygen atoms in total. The number of nitrogens with zero attached hydrogens (tertiary/aromatic N) is 4. The van der Waals surface area contributed by atoms with Crippen LogP contribution in [0, 0.1) is 15.5 Å². The van der Waals surface area contributed by atoms with E-state index in [1.165, 1.54) is 12.1 Å². The summed E-state index contributed by atoms with van der Waals surface area (Å²) in [5, 5.41) is 19.3. The molecule has 3 aromatic carbocycles. The van der Waals surface area contributed by atoms with Gasteiger partial charge >= 0.3 is 0 Å². The lowest BCUT2D eigenvalue weighted by Crippen LogP contribution is -2.36. The van der Waals surface area contributed by atoms with Crippen molar-refractivity contribution >= 4 is 17.4 Å². The molecule has 0 amide bonds. The maximum atomic E-state index is 13.7. The molecule has 0 bridgehead atoms. The molecule has 0 saturated carbocycles. The highest BCUT2D eigenvalue weighted by molar-refractivity contribution is 6.00. The van der Waals surface area contributed by atoms with Gasteiger partial charge in [-0.1, -0.05) is 50.2 Å². The number of fused-ring (bicyclic) bond motifs is 1. The average Bonchev–Trinajstić information content (AvgIpc) is 3.39. The number of hydrogen-bond donors (Lipinski definition) is 1. The van der Waals surface area contributed by atoms with Gasteiger partial charge in [0.25, 0.3) is 5.69 Å². The van der Waals surface area contributed by atoms with Crippen molar-refractivity contribution in [1.82, 2.24) is 14.8 Å². The van der Waals surface area contributed by atoms with E-state index in [4.69, 9.17) is 19.6 Å². The molecule has 1 aliphatic carbocycles. The second-order valence-corrected chi connectivity index (χ2v) is 11.3. The smallest absolute Gasteiger partial charge is 0.269 e. The summed E-state index contributed by atoms with van der Waals surface area (Å²) in [5.74, 6) is 2.14. The number of allylic oxidation sites excluding steroid dienone is 2. The lowest BCUT2D eigenvalue weighted by Gasteiger charge is -2.38. The summed E-state index contributed by atoms with van der Waals surface area (Å²) in [5.41, 5.74) is 3.76. The summed E-state index contributed by atoms with van der Waals surface area (Å²) in [6, 6.07) is 21.2. The molecule has 2 heterocycles. The number of ether oxygens (including phenoxy) is 2. The summed E-state index contributed by atoms with van der Waals surface area (Å²) in [4.78, 5) is 29.1. The van der Waals surface area contributed by atoms with Crippen molar-refractivity contribution < 1.29 is 19.2 Å².